The molecule has 0 saturated carbocycles. The maximum Gasteiger partial charge on any atom is 0.407 e. The van der Waals surface area contributed by atoms with Crippen molar-refractivity contribution < 1.29 is 47.9 Å². The molecule has 2 unspecified atom stereocenters. The predicted molar refractivity (Wildman–Crippen MR) is 171 cm³/mol. The molecule has 0 bridgehead atoms. The number of fused-ring (bicyclic) bond motifs is 2. The third kappa shape index (κ3) is 8.01. The number of hydrogen-bond donors (Lipinski definition) is 1. The number of carboxylic acid groups (broad SMARTS) is 1. The average molecular weight is 649 g/mol. The number of rotatable bonds is 14. The van der Waals surface area contributed by atoms with Gasteiger partial charge in [0.2, 0.25) is 6.79 Å². The van der Waals surface area contributed by atoms with E-state index in [-0.39, 0.29) is 44.5 Å². The molecule has 2 amide bonds. The van der Waals surface area contributed by atoms with E-state index in [9.17, 15) is 14.7 Å². The highest BCUT2D eigenvalue weighted by Gasteiger charge is 2.33. The van der Waals surface area contributed by atoms with Gasteiger partial charge in [-0.1, -0.05) is 18.2 Å². The fraction of sp³-hybridized carbons (Fsp3) is 0.429. The molecule has 2 atom stereocenters. The van der Waals surface area contributed by atoms with Crippen LogP contribution in [0.1, 0.15) is 36.3 Å². The molecule has 3 heterocycles. The van der Waals surface area contributed by atoms with Crippen molar-refractivity contribution in [2.24, 2.45) is 0 Å². The zero-order valence-corrected chi connectivity index (χ0v) is 26.4. The summed E-state index contributed by atoms with van der Waals surface area (Å²) in [7, 11) is 1.64. The van der Waals surface area contributed by atoms with E-state index in [4.69, 9.17) is 33.2 Å². The highest BCUT2D eigenvalue weighted by atomic mass is 16.7. The molecule has 1 N–H and O–H groups in total. The van der Waals surface area contributed by atoms with E-state index in [1.54, 1.807) is 12.0 Å². The molecule has 1 fully saturated rings. The number of carbonyl (C=O) groups is 2. The number of amides is 2. The highest BCUT2D eigenvalue weighted by Crippen LogP contribution is 2.36. The number of hydrogen-bond acceptors (Lipinski definition) is 9. The summed E-state index contributed by atoms with van der Waals surface area (Å²) in [6.45, 7) is 3.26. The molecule has 3 aliphatic rings. The number of likely N-dealkylation sites (tertiary alicyclic amines) is 1. The highest BCUT2D eigenvalue weighted by molar-refractivity contribution is 5.97. The number of carbonyl (C=O) groups excluding carboxylic acids is 1. The van der Waals surface area contributed by atoms with Crippen molar-refractivity contribution in [1.29, 1.82) is 0 Å². The van der Waals surface area contributed by atoms with Crippen molar-refractivity contribution in [3.8, 4) is 28.7 Å². The van der Waals surface area contributed by atoms with Crippen molar-refractivity contribution in [2.45, 2.75) is 37.9 Å². The molecule has 3 aromatic carbocycles. The first-order chi connectivity index (χ1) is 23.0. The molecule has 12 nitrogen and oxygen atoms in total. The van der Waals surface area contributed by atoms with Gasteiger partial charge in [-0.3, -0.25) is 4.79 Å². The third-order valence-electron chi connectivity index (χ3n) is 8.47. The summed E-state index contributed by atoms with van der Waals surface area (Å²) in [4.78, 5) is 27.6. The van der Waals surface area contributed by atoms with Crippen molar-refractivity contribution in [2.75, 3.05) is 64.9 Å². The van der Waals surface area contributed by atoms with E-state index in [1.165, 1.54) is 4.90 Å². The maximum absolute atomic E-state index is 12.6. The van der Waals surface area contributed by atoms with Crippen molar-refractivity contribution in [1.82, 2.24) is 4.90 Å². The standard InChI is InChI=1S/C35H40N2O10/c1-41-15-2-13-37-29-18-24(4-10-30(29)45-22-34(37)38)21-44-33-20-36(35(39)40)14-12-28(33)25-5-7-26(8-6-25)42-16-3-17-43-27-9-11-31-32(19-27)47-23-46-31/h4-11,18-19,28,33H,2-3,12-17,20-23H2,1H3,(H,39,40). The topological polar surface area (TPSA) is 125 Å². The molecule has 0 radical (unpaired) electrons. The summed E-state index contributed by atoms with van der Waals surface area (Å²) in [5.74, 6) is 3.43. The largest absolute Gasteiger partial charge is 0.493 e. The molecule has 12 heteroatoms. The van der Waals surface area contributed by atoms with E-state index in [0.29, 0.717) is 69.4 Å². The van der Waals surface area contributed by atoms with Crippen LogP contribution in [0.4, 0.5) is 10.5 Å². The Morgan fingerprint density at radius 3 is 2.47 bits per heavy atom. The van der Waals surface area contributed by atoms with Gasteiger partial charge in [0.05, 0.1) is 38.2 Å². The summed E-state index contributed by atoms with van der Waals surface area (Å²) in [6, 6.07) is 19.1. The molecule has 3 aliphatic heterocycles. The second-order valence-electron chi connectivity index (χ2n) is 11.6. The van der Waals surface area contributed by atoms with Gasteiger partial charge < -0.3 is 48.1 Å². The summed E-state index contributed by atoms with van der Waals surface area (Å²) in [5, 5.41) is 9.71. The SMILES string of the molecule is COCCCN1C(=O)COc2ccc(COC3CN(C(=O)O)CCC3c3ccc(OCCCOc4ccc5c(c4)OCO5)cc3)cc21. The monoisotopic (exact) mass is 648 g/mol. The van der Waals surface area contributed by atoms with Crippen LogP contribution in [0.5, 0.6) is 28.7 Å². The summed E-state index contributed by atoms with van der Waals surface area (Å²) < 4.78 is 39.7. The molecule has 47 heavy (non-hydrogen) atoms. The van der Waals surface area contributed by atoms with E-state index >= 15 is 0 Å². The summed E-state index contributed by atoms with van der Waals surface area (Å²) in [5.41, 5.74) is 2.64. The Kier molecular flexibility index (Phi) is 10.5. The number of methoxy groups -OCH3 is 1. The van der Waals surface area contributed by atoms with Gasteiger partial charge in [-0.15, -0.1) is 0 Å². The lowest BCUT2D eigenvalue weighted by Gasteiger charge is -2.37. The zero-order chi connectivity index (χ0) is 32.6. The van der Waals surface area contributed by atoms with Crippen LogP contribution < -0.4 is 28.6 Å². The van der Waals surface area contributed by atoms with E-state index in [0.717, 1.165) is 28.4 Å². The molecular formula is C35H40N2O10. The van der Waals surface area contributed by atoms with Crippen molar-refractivity contribution in [3.63, 3.8) is 0 Å². The zero-order valence-electron chi connectivity index (χ0n) is 26.4. The van der Waals surface area contributed by atoms with Gasteiger partial charge in [-0.2, -0.15) is 0 Å². The van der Waals surface area contributed by atoms with Gasteiger partial charge >= 0.3 is 6.09 Å². The van der Waals surface area contributed by atoms with Crippen LogP contribution in [0.2, 0.25) is 0 Å². The van der Waals surface area contributed by atoms with Crippen LogP contribution in [0, 0.1) is 0 Å². The Labute approximate surface area is 273 Å². The molecule has 1 saturated heterocycles. The average Bonchev–Trinajstić information content (AvgIpc) is 3.56. The second-order valence-corrected chi connectivity index (χ2v) is 11.6. The van der Waals surface area contributed by atoms with Crippen LogP contribution in [0.3, 0.4) is 0 Å². The number of benzene rings is 3. The van der Waals surface area contributed by atoms with Gasteiger partial charge in [0.25, 0.3) is 5.91 Å². The lowest BCUT2D eigenvalue weighted by molar-refractivity contribution is -0.121. The smallest absolute Gasteiger partial charge is 0.407 e. The molecule has 0 aliphatic carbocycles. The third-order valence-corrected chi connectivity index (χ3v) is 8.47. The Hall–Kier alpha value is -4.68. The van der Waals surface area contributed by atoms with E-state index < -0.39 is 6.09 Å². The lowest BCUT2D eigenvalue weighted by Crippen LogP contribution is -2.46. The van der Waals surface area contributed by atoms with Crippen molar-refractivity contribution in [3.05, 3.63) is 71.8 Å². The maximum atomic E-state index is 12.6. The van der Waals surface area contributed by atoms with E-state index in [2.05, 4.69) is 0 Å². The van der Waals surface area contributed by atoms with Gasteiger partial charge in [-0.25, -0.2) is 4.79 Å². The minimum absolute atomic E-state index is 0.00262. The van der Waals surface area contributed by atoms with Crippen LogP contribution in [0.25, 0.3) is 0 Å². The quantitative estimate of drug-likeness (QED) is 0.237. The van der Waals surface area contributed by atoms with E-state index in [1.807, 2.05) is 60.7 Å². The molecular weight excluding hydrogens is 608 g/mol. The Bertz CT molecular complexity index is 1530. The predicted octanol–water partition coefficient (Wildman–Crippen LogP) is 5.08. The number of anilines is 1. The van der Waals surface area contributed by atoms with Crippen molar-refractivity contribution >= 4 is 17.7 Å². The molecule has 3 aromatic rings. The fourth-order valence-electron chi connectivity index (χ4n) is 6.01. The van der Waals surface area contributed by atoms with Crippen LogP contribution in [-0.2, 0) is 20.9 Å². The Morgan fingerprint density at radius 1 is 0.894 bits per heavy atom. The molecule has 0 spiro atoms. The first kappa shape index (κ1) is 32.3. The number of nitrogens with zero attached hydrogens (tertiary/aromatic N) is 2. The van der Waals surface area contributed by atoms with Gasteiger partial charge in [0.15, 0.2) is 18.1 Å². The van der Waals surface area contributed by atoms with Crippen LogP contribution >= 0.6 is 0 Å². The molecule has 250 valence electrons. The first-order valence-electron chi connectivity index (χ1n) is 15.9. The Balaban J connectivity index is 1.04. The normalized spacial score (nSPS) is 18.4. The lowest BCUT2D eigenvalue weighted by atomic mass is 9.87. The van der Waals surface area contributed by atoms with Crippen LogP contribution in [-0.4, -0.2) is 88.1 Å². The van der Waals surface area contributed by atoms with Gasteiger partial charge in [-0.05, 0) is 60.4 Å². The fourth-order valence-corrected chi connectivity index (χ4v) is 6.01. The molecule has 6 rings (SSSR count). The second kappa shape index (κ2) is 15.3. The van der Waals surface area contributed by atoms with Crippen LogP contribution in [0.15, 0.2) is 60.7 Å². The summed E-state index contributed by atoms with van der Waals surface area (Å²) >= 11 is 0. The number of ether oxygens (including phenoxy) is 7. The summed E-state index contributed by atoms with van der Waals surface area (Å²) in [6.07, 6.45) is 0.727. The Morgan fingerprint density at radius 2 is 1.66 bits per heavy atom. The minimum Gasteiger partial charge on any atom is -0.493 e. The van der Waals surface area contributed by atoms with Gasteiger partial charge in [0.1, 0.15) is 17.2 Å². The molecule has 0 aromatic heterocycles. The first-order valence-corrected chi connectivity index (χ1v) is 15.9. The minimum atomic E-state index is -0.959. The number of piperidine rings is 1. The van der Waals surface area contributed by atoms with Gasteiger partial charge in [0, 0.05) is 45.2 Å².